The van der Waals surface area contributed by atoms with Gasteiger partial charge in [0.25, 0.3) is 0 Å². The van der Waals surface area contributed by atoms with E-state index >= 15 is 0 Å². The van der Waals surface area contributed by atoms with E-state index in [4.69, 9.17) is 33.5 Å². The summed E-state index contributed by atoms with van der Waals surface area (Å²) >= 11 is 12.2. The van der Waals surface area contributed by atoms with Crippen LogP contribution in [0.15, 0.2) is 22.7 Å². The topological polar surface area (TPSA) is 52.0 Å². The molecule has 0 aliphatic rings. The maximum absolute atomic E-state index is 6.28. The summed E-state index contributed by atoms with van der Waals surface area (Å²) in [6.07, 6.45) is 0.776. The lowest BCUT2D eigenvalue weighted by molar-refractivity contribution is 0.255. The zero-order valence-corrected chi connectivity index (χ0v) is 14.2. The maximum Gasteiger partial charge on any atom is 0.230 e. The molecule has 2 aromatic rings. The van der Waals surface area contributed by atoms with Gasteiger partial charge in [-0.15, -0.1) is 0 Å². The third-order valence-electron chi connectivity index (χ3n) is 3.97. The van der Waals surface area contributed by atoms with Gasteiger partial charge in [-0.05, 0) is 29.9 Å². The molecule has 0 saturated heterocycles. The molecule has 3 nitrogen and oxygen atoms in total. The van der Waals surface area contributed by atoms with Crippen molar-refractivity contribution < 1.29 is 4.52 Å². The summed E-state index contributed by atoms with van der Waals surface area (Å²) in [5.41, 5.74) is 8.53. The molecule has 114 valence electrons. The van der Waals surface area contributed by atoms with Gasteiger partial charge in [0, 0.05) is 10.6 Å². The van der Waals surface area contributed by atoms with Crippen molar-refractivity contribution in [1.29, 1.82) is 0 Å². The van der Waals surface area contributed by atoms with Gasteiger partial charge in [-0.2, -0.15) is 0 Å². The van der Waals surface area contributed by atoms with Gasteiger partial charge in [-0.25, -0.2) is 0 Å². The zero-order chi connectivity index (χ0) is 15.8. The number of nitrogen functional groups attached to an aromatic ring is 1. The third-order valence-corrected chi connectivity index (χ3v) is 4.52. The van der Waals surface area contributed by atoms with Gasteiger partial charge in [0.05, 0.1) is 16.3 Å². The van der Waals surface area contributed by atoms with Crippen molar-refractivity contribution >= 4 is 29.1 Å². The second-order valence-corrected chi connectivity index (χ2v) is 7.31. The smallest absolute Gasteiger partial charge is 0.230 e. The van der Waals surface area contributed by atoms with Crippen LogP contribution in [0.5, 0.6) is 0 Å². The first-order chi connectivity index (χ1) is 9.70. The highest BCUT2D eigenvalue weighted by atomic mass is 35.5. The molecular weight excluding hydrogens is 307 g/mol. The van der Waals surface area contributed by atoms with Gasteiger partial charge >= 0.3 is 0 Å². The zero-order valence-electron chi connectivity index (χ0n) is 12.7. The van der Waals surface area contributed by atoms with Gasteiger partial charge < -0.3 is 10.3 Å². The van der Waals surface area contributed by atoms with E-state index < -0.39 is 0 Å². The molecule has 21 heavy (non-hydrogen) atoms. The molecule has 1 heterocycles. The standard InChI is InChI=1S/C16H20Cl2N2O/c1-9(16(2,3)4)7-13-14(15(19)21-20-13)11-6-5-10(17)8-12(11)18/h5-6,8-9H,7,19H2,1-4H3. The summed E-state index contributed by atoms with van der Waals surface area (Å²) in [6.45, 7) is 8.81. The van der Waals surface area contributed by atoms with Crippen LogP contribution < -0.4 is 5.73 Å². The Bertz CT molecular complexity index is 644. The molecule has 1 aromatic heterocycles. The average Bonchev–Trinajstić information content (AvgIpc) is 2.70. The predicted molar refractivity (Wildman–Crippen MR) is 88.7 cm³/mol. The molecule has 0 bridgehead atoms. The molecule has 0 radical (unpaired) electrons. The van der Waals surface area contributed by atoms with Crippen LogP contribution >= 0.6 is 23.2 Å². The molecule has 0 saturated carbocycles. The van der Waals surface area contributed by atoms with Crippen LogP contribution in [0.4, 0.5) is 5.88 Å². The lowest BCUT2D eigenvalue weighted by atomic mass is 9.79. The minimum atomic E-state index is 0.175. The van der Waals surface area contributed by atoms with E-state index in [0.717, 1.165) is 23.2 Å². The van der Waals surface area contributed by atoms with Crippen molar-refractivity contribution in [3.05, 3.63) is 33.9 Å². The van der Waals surface area contributed by atoms with E-state index in [9.17, 15) is 0 Å². The largest absolute Gasteiger partial charge is 0.367 e. The number of rotatable bonds is 3. The molecule has 5 heteroatoms. The molecule has 1 atom stereocenters. The highest BCUT2D eigenvalue weighted by molar-refractivity contribution is 6.36. The highest BCUT2D eigenvalue weighted by Gasteiger charge is 2.25. The summed E-state index contributed by atoms with van der Waals surface area (Å²) in [4.78, 5) is 0. The molecule has 0 aliphatic carbocycles. The van der Waals surface area contributed by atoms with E-state index in [0.29, 0.717) is 16.0 Å². The van der Waals surface area contributed by atoms with Crippen molar-refractivity contribution in [2.75, 3.05) is 5.73 Å². The minimum absolute atomic E-state index is 0.175. The van der Waals surface area contributed by atoms with E-state index in [1.807, 2.05) is 6.07 Å². The van der Waals surface area contributed by atoms with Crippen LogP contribution in [0.3, 0.4) is 0 Å². The second-order valence-electron chi connectivity index (χ2n) is 6.46. The average molecular weight is 327 g/mol. The molecule has 0 fully saturated rings. The highest BCUT2D eigenvalue weighted by Crippen LogP contribution is 2.38. The van der Waals surface area contributed by atoms with Gasteiger partial charge in [-0.1, -0.05) is 62.1 Å². The Morgan fingerprint density at radius 2 is 1.95 bits per heavy atom. The van der Waals surface area contributed by atoms with Crippen LogP contribution in [-0.4, -0.2) is 5.16 Å². The summed E-state index contributed by atoms with van der Waals surface area (Å²) in [5.74, 6) is 0.710. The summed E-state index contributed by atoms with van der Waals surface area (Å²) in [7, 11) is 0. The molecule has 0 amide bonds. The number of hydrogen-bond donors (Lipinski definition) is 1. The van der Waals surface area contributed by atoms with Crippen molar-refractivity contribution in [2.45, 2.75) is 34.1 Å². The van der Waals surface area contributed by atoms with Crippen molar-refractivity contribution in [2.24, 2.45) is 11.3 Å². The molecule has 2 N–H and O–H groups in total. The van der Waals surface area contributed by atoms with E-state index in [1.54, 1.807) is 12.1 Å². The number of anilines is 1. The minimum Gasteiger partial charge on any atom is -0.367 e. The first-order valence-corrected chi connectivity index (χ1v) is 7.65. The second kappa shape index (κ2) is 5.90. The third kappa shape index (κ3) is 3.53. The van der Waals surface area contributed by atoms with Crippen LogP contribution in [-0.2, 0) is 6.42 Å². The Kier molecular flexibility index (Phi) is 4.54. The molecule has 0 spiro atoms. The van der Waals surface area contributed by atoms with Crippen LogP contribution in [0, 0.1) is 11.3 Å². The Morgan fingerprint density at radius 3 is 2.52 bits per heavy atom. The number of aromatic nitrogens is 1. The van der Waals surface area contributed by atoms with E-state index in [-0.39, 0.29) is 11.3 Å². The molecule has 2 rings (SSSR count). The van der Waals surface area contributed by atoms with Crippen molar-refractivity contribution in [1.82, 2.24) is 5.16 Å². The maximum atomic E-state index is 6.28. The normalized spacial score (nSPS) is 13.4. The fourth-order valence-electron chi connectivity index (χ4n) is 2.05. The molecule has 0 aliphatic heterocycles. The number of nitrogens with zero attached hydrogens (tertiary/aromatic N) is 1. The monoisotopic (exact) mass is 326 g/mol. The Balaban J connectivity index is 2.43. The number of benzene rings is 1. The van der Waals surface area contributed by atoms with Crippen LogP contribution in [0.1, 0.15) is 33.4 Å². The lowest BCUT2D eigenvalue weighted by Gasteiger charge is -2.26. The quantitative estimate of drug-likeness (QED) is 0.815. The molecule has 1 aromatic carbocycles. The predicted octanol–water partition coefficient (Wildman–Crippen LogP) is 5.46. The van der Waals surface area contributed by atoms with Crippen LogP contribution in [0.2, 0.25) is 10.0 Å². The number of hydrogen-bond acceptors (Lipinski definition) is 3. The number of nitrogens with two attached hydrogens (primary N) is 1. The van der Waals surface area contributed by atoms with Gasteiger partial charge in [0.15, 0.2) is 0 Å². The lowest BCUT2D eigenvalue weighted by Crippen LogP contribution is -2.19. The summed E-state index contributed by atoms with van der Waals surface area (Å²) in [6, 6.07) is 5.33. The van der Waals surface area contributed by atoms with E-state index in [2.05, 4.69) is 32.9 Å². The first kappa shape index (κ1) is 16.2. The Labute approximate surface area is 135 Å². The number of halogens is 2. The van der Waals surface area contributed by atoms with Crippen LogP contribution in [0.25, 0.3) is 11.1 Å². The molecule has 1 unspecified atom stereocenters. The fraction of sp³-hybridized carbons (Fsp3) is 0.438. The first-order valence-electron chi connectivity index (χ1n) is 6.89. The molecular formula is C16H20Cl2N2O. The Hall–Kier alpha value is -1.19. The van der Waals surface area contributed by atoms with Gasteiger partial charge in [0.2, 0.25) is 5.88 Å². The fourth-order valence-corrected chi connectivity index (χ4v) is 2.56. The van der Waals surface area contributed by atoms with Crippen molar-refractivity contribution in [3.8, 4) is 11.1 Å². The SMILES string of the molecule is CC(Cc1noc(N)c1-c1ccc(Cl)cc1Cl)C(C)(C)C. The Morgan fingerprint density at radius 1 is 1.29 bits per heavy atom. The summed E-state index contributed by atoms with van der Waals surface area (Å²) < 4.78 is 5.18. The van der Waals surface area contributed by atoms with Gasteiger partial charge in [-0.3, -0.25) is 0 Å². The van der Waals surface area contributed by atoms with Gasteiger partial charge in [0.1, 0.15) is 0 Å². The van der Waals surface area contributed by atoms with E-state index in [1.165, 1.54) is 0 Å². The van der Waals surface area contributed by atoms with Crippen molar-refractivity contribution in [3.63, 3.8) is 0 Å². The summed E-state index contributed by atoms with van der Waals surface area (Å²) in [5, 5.41) is 5.25.